The van der Waals surface area contributed by atoms with Crippen LogP contribution in [-0.4, -0.2) is 17.0 Å². The number of halogens is 1. The summed E-state index contributed by atoms with van der Waals surface area (Å²) in [6.45, 7) is 3.61. The number of benzene rings is 1. The summed E-state index contributed by atoms with van der Waals surface area (Å²) in [5.74, 6) is -0.324. The van der Waals surface area contributed by atoms with Gasteiger partial charge in [-0.15, -0.1) is 0 Å². The minimum atomic E-state index is -0.934. The highest BCUT2D eigenvalue weighted by Crippen LogP contribution is 2.13. The van der Waals surface area contributed by atoms with Gasteiger partial charge in [0.05, 0.1) is 0 Å². The van der Waals surface area contributed by atoms with Gasteiger partial charge in [-0.05, 0) is 30.2 Å². The molecule has 3 heteroatoms. The zero-order valence-electron chi connectivity index (χ0n) is 8.20. The molecule has 2 nitrogen and oxygen atoms in total. The Hall–Kier alpha value is -0.860. The molecule has 0 aliphatic carbocycles. The van der Waals surface area contributed by atoms with Crippen molar-refractivity contribution in [3.05, 3.63) is 34.9 Å². The summed E-state index contributed by atoms with van der Waals surface area (Å²) in [4.78, 5) is 11.6. The van der Waals surface area contributed by atoms with Crippen LogP contribution in [0, 0.1) is 5.92 Å². The van der Waals surface area contributed by atoms with Gasteiger partial charge in [-0.3, -0.25) is 4.79 Å². The average Bonchev–Trinajstić information content (AvgIpc) is 2.16. The quantitative estimate of drug-likeness (QED) is 0.782. The maximum absolute atomic E-state index is 11.6. The number of carbonyl (C=O) groups is 1. The Morgan fingerprint density at radius 3 is 2.21 bits per heavy atom. The van der Waals surface area contributed by atoms with Crippen LogP contribution in [0.3, 0.4) is 0 Å². The molecule has 0 heterocycles. The second kappa shape index (κ2) is 4.58. The van der Waals surface area contributed by atoms with Crippen molar-refractivity contribution >= 4 is 17.4 Å². The number of hydrogen-bond donors (Lipinski definition) is 1. The third-order valence-corrected chi connectivity index (χ3v) is 2.28. The van der Waals surface area contributed by atoms with Gasteiger partial charge in [-0.25, -0.2) is 0 Å². The monoisotopic (exact) mass is 212 g/mol. The van der Waals surface area contributed by atoms with Crippen LogP contribution in [0.15, 0.2) is 24.3 Å². The van der Waals surface area contributed by atoms with Crippen LogP contribution < -0.4 is 0 Å². The summed E-state index contributed by atoms with van der Waals surface area (Å²) >= 11 is 5.68. The SMILES string of the molecule is CC(C)[C@@H](O)C(=O)c1ccc(Cl)cc1. The van der Waals surface area contributed by atoms with Crippen molar-refractivity contribution in [2.75, 3.05) is 0 Å². The lowest BCUT2D eigenvalue weighted by molar-refractivity contribution is 0.0648. The van der Waals surface area contributed by atoms with Gasteiger partial charge in [0.15, 0.2) is 5.78 Å². The average molecular weight is 213 g/mol. The van der Waals surface area contributed by atoms with Crippen LogP contribution in [0.5, 0.6) is 0 Å². The summed E-state index contributed by atoms with van der Waals surface area (Å²) in [5, 5.41) is 10.1. The van der Waals surface area contributed by atoms with E-state index in [1.807, 2.05) is 0 Å². The predicted octanol–water partition coefficient (Wildman–Crippen LogP) is 2.54. The molecule has 0 radical (unpaired) electrons. The van der Waals surface area contributed by atoms with E-state index in [1.54, 1.807) is 38.1 Å². The summed E-state index contributed by atoms with van der Waals surface area (Å²) < 4.78 is 0. The molecule has 1 aromatic rings. The maximum atomic E-state index is 11.6. The molecule has 0 bridgehead atoms. The number of aliphatic hydroxyl groups excluding tert-OH is 1. The van der Waals surface area contributed by atoms with E-state index in [0.717, 1.165) is 0 Å². The Bertz CT molecular complexity index is 317. The number of Topliss-reactive ketones (excluding diaryl/α,β-unsaturated/α-hetero) is 1. The first-order chi connectivity index (χ1) is 6.52. The van der Waals surface area contributed by atoms with Crippen molar-refractivity contribution < 1.29 is 9.90 Å². The molecule has 1 aromatic carbocycles. The number of ketones is 1. The largest absolute Gasteiger partial charge is 0.385 e. The first-order valence-corrected chi connectivity index (χ1v) is 4.88. The van der Waals surface area contributed by atoms with Gasteiger partial charge in [-0.1, -0.05) is 25.4 Å². The van der Waals surface area contributed by atoms with Gasteiger partial charge in [0.2, 0.25) is 0 Å². The Balaban J connectivity index is 2.84. The molecule has 1 rings (SSSR count). The normalized spacial score (nSPS) is 12.9. The fourth-order valence-electron chi connectivity index (χ4n) is 1.09. The molecule has 0 aromatic heterocycles. The summed E-state index contributed by atoms with van der Waals surface area (Å²) in [5.41, 5.74) is 0.496. The van der Waals surface area contributed by atoms with E-state index in [0.29, 0.717) is 10.6 Å². The molecule has 14 heavy (non-hydrogen) atoms. The Morgan fingerprint density at radius 2 is 1.79 bits per heavy atom. The zero-order valence-corrected chi connectivity index (χ0v) is 8.95. The van der Waals surface area contributed by atoms with Crippen LogP contribution in [0.25, 0.3) is 0 Å². The Morgan fingerprint density at radius 1 is 1.29 bits per heavy atom. The summed E-state index contributed by atoms with van der Waals surface area (Å²) in [7, 11) is 0. The second-order valence-corrected chi connectivity index (χ2v) is 4.00. The topological polar surface area (TPSA) is 37.3 Å². The minimum absolute atomic E-state index is 0.0711. The fraction of sp³-hybridized carbons (Fsp3) is 0.364. The Labute approximate surface area is 88.5 Å². The fourth-order valence-corrected chi connectivity index (χ4v) is 1.21. The molecule has 0 amide bonds. The van der Waals surface area contributed by atoms with Crippen molar-refractivity contribution in [2.45, 2.75) is 20.0 Å². The number of carbonyl (C=O) groups excluding carboxylic acids is 1. The van der Waals surface area contributed by atoms with Gasteiger partial charge < -0.3 is 5.11 Å². The van der Waals surface area contributed by atoms with Crippen molar-refractivity contribution in [3.8, 4) is 0 Å². The summed E-state index contributed by atoms with van der Waals surface area (Å²) in [6.07, 6.45) is -0.934. The van der Waals surface area contributed by atoms with E-state index in [1.165, 1.54) is 0 Å². The van der Waals surface area contributed by atoms with Crippen molar-refractivity contribution in [3.63, 3.8) is 0 Å². The first-order valence-electron chi connectivity index (χ1n) is 4.50. The first kappa shape index (κ1) is 11.2. The highest BCUT2D eigenvalue weighted by molar-refractivity contribution is 6.30. The maximum Gasteiger partial charge on any atom is 0.191 e. The van der Waals surface area contributed by atoms with Gasteiger partial charge in [0.25, 0.3) is 0 Å². The molecular formula is C11H13ClO2. The van der Waals surface area contributed by atoms with Crippen molar-refractivity contribution in [2.24, 2.45) is 5.92 Å². The molecule has 0 fully saturated rings. The minimum Gasteiger partial charge on any atom is -0.385 e. The standard InChI is InChI=1S/C11H13ClO2/c1-7(2)10(13)11(14)8-3-5-9(12)6-4-8/h3-7,10,13H,1-2H3/t10-/m1/s1. The van der Waals surface area contributed by atoms with E-state index in [4.69, 9.17) is 11.6 Å². The van der Waals surface area contributed by atoms with Crippen LogP contribution in [-0.2, 0) is 0 Å². The Kier molecular flexibility index (Phi) is 3.67. The molecule has 76 valence electrons. The van der Waals surface area contributed by atoms with Crippen molar-refractivity contribution in [1.29, 1.82) is 0 Å². The van der Waals surface area contributed by atoms with E-state index >= 15 is 0 Å². The molecule has 0 spiro atoms. The lowest BCUT2D eigenvalue weighted by atomic mass is 9.98. The number of hydrogen-bond acceptors (Lipinski definition) is 2. The van der Waals surface area contributed by atoms with Gasteiger partial charge in [0, 0.05) is 10.6 Å². The summed E-state index contributed by atoms with van der Waals surface area (Å²) in [6, 6.07) is 6.52. The van der Waals surface area contributed by atoms with Crippen molar-refractivity contribution in [1.82, 2.24) is 0 Å². The second-order valence-electron chi connectivity index (χ2n) is 3.56. The van der Waals surface area contributed by atoms with Crippen LogP contribution in [0.2, 0.25) is 5.02 Å². The van der Waals surface area contributed by atoms with Crippen LogP contribution >= 0.6 is 11.6 Å². The molecular weight excluding hydrogens is 200 g/mol. The smallest absolute Gasteiger partial charge is 0.191 e. The molecule has 0 aliphatic heterocycles. The highest BCUT2D eigenvalue weighted by Gasteiger charge is 2.19. The molecule has 0 aliphatic rings. The van der Waals surface area contributed by atoms with Gasteiger partial charge in [0.1, 0.15) is 6.10 Å². The lowest BCUT2D eigenvalue weighted by Crippen LogP contribution is -2.25. The molecule has 1 atom stereocenters. The molecule has 0 saturated carbocycles. The third kappa shape index (κ3) is 2.56. The number of rotatable bonds is 3. The lowest BCUT2D eigenvalue weighted by Gasteiger charge is -2.12. The van der Waals surface area contributed by atoms with Crippen LogP contribution in [0.4, 0.5) is 0 Å². The van der Waals surface area contributed by atoms with Crippen LogP contribution in [0.1, 0.15) is 24.2 Å². The number of aliphatic hydroxyl groups is 1. The van der Waals surface area contributed by atoms with E-state index < -0.39 is 6.10 Å². The molecule has 0 unspecified atom stereocenters. The van der Waals surface area contributed by atoms with Gasteiger partial charge in [-0.2, -0.15) is 0 Å². The van der Waals surface area contributed by atoms with E-state index in [9.17, 15) is 9.90 Å². The van der Waals surface area contributed by atoms with Gasteiger partial charge >= 0.3 is 0 Å². The third-order valence-electron chi connectivity index (χ3n) is 2.03. The van der Waals surface area contributed by atoms with E-state index in [-0.39, 0.29) is 11.7 Å². The highest BCUT2D eigenvalue weighted by atomic mass is 35.5. The molecule has 1 N–H and O–H groups in total. The zero-order chi connectivity index (χ0) is 10.7. The predicted molar refractivity (Wildman–Crippen MR) is 56.6 cm³/mol. The molecule has 0 saturated heterocycles. The van der Waals surface area contributed by atoms with E-state index in [2.05, 4.69) is 0 Å².